The largest absolute Gasteiger partial charge is 0.419 e. The third-order valence-electron chi connectivity index (χ3n) is 3.49. The van der Waals surface area contributed by atoms with Crippen LogP contribution in [0.5, 0.6) is 0 Å². The smallest absolute Gasteiger partial charge is 0.408 e. The second kappa shape index (κ2) is 4.98. The molecule has 0 bridgehead atoms. The van der Waals surface area contributed by atoms with Gasteiger partial charge in [-0.1, -0.05) is 30.3 Å². The molecule has 2 N–H and O–H groups in total. The average Bonchev–Trinajstić information content (AvgIpc) is 2.74. The van der Waals surface area contributed by atoms with Crippen molar-refractivity contribution in [2.45, 2.75) is 13.0 Å². The molecule has 0 spiro atoms. The summed E-state index contributed by atoms with van der Waals surface area (Å²) in [5, 5.41) is 0. The quantitative estimate of drug-likeness (QED) is 0.792. The molecule has 0 aliphatic rings. The minimum absolute atomic E-state index is 0.331. The van der Waals surface area contributed by atoms with Crippen LogP contribution in [0.25, 0.3) is 11.1 Å². The van der Waals surface area contributed by atoms with Crippen molar-refractivity contribution >= 4 is 11.1 Å². The van der Waals surface area contributed by atoms with Crippen LogP contribution in [0.3, 0.4) is 0 Å². The molecule has 2 aromatic carbocycles. The first-order valence-corrected chi connectivity index (χ1v) is 6.54. The van der Waals surface area contributed by atoms with E-state index in [9.17, 15) is 4.79 Å². The van der Waals surface area contributed by atoms with Crippen LogP contribution in [0.4, 0.5) is 0 Å². The van der Waals surface area contributed by atoms with E-state index in [-0.39, 0.29) is 5.76 Å². The van der Waals surface area contributed by atoms with Gasteiger partial charge in [-0.05, 0) is 35.2 Å². The molecule has 1 aromatic heterocycles. The van der Waals surface area contributed by atoms with Gasteiger partial charge in [0, 0.05) is 13.6 Å². The fourth-order valence-corrected chi connectivity index (χ4v) is 2.39. The van der Waals surface area contributed by atoms with Gasteiger partial charge in [0.05, 0.1) is 5.52 Å². The summed E-state index contributed by atoms with van der Waals surface area (Å²) in [4.78, 5) is 11.5. The summed E-state index contributed by atoms with van der Waals surface area (Å²) in [5.41, 5.74) is 10.5. The lowest BCUT2D eigenvalue weighted by atomic mass is 10.0. The molecule has 1 heterocycles. The molecule has 0 saturated carbocycles. The molecule has 0 saturated heterocycles. The highest BCUT2D eigenvalue weighted by atomic mass is 16.4. The van der Waals surface area contributed by atoms with E-state index in [0.717, 1.165) is 23.1 Å². The summed E-state index contributed by atoms with van der Waals surface area (Å²) in [5.74, 6) is -0.331. The minimum atomic E-state index is -0.331. The summed E-state index contributed by atoms with van der Waals surface area (Å²) in [6, 6.07) is 14.1. The number of aryl methyl sites for hydroxylation is 1. The molecule has 0 unspecified atom stereocenters. The Kier molecular flexibility index (Phi) is 3.16. The maximum absolute atomic E-state index is 11.5. The Balaban J connectivity index is 1.96. The summed E-state index contributed by atoms with van der Waals surface area (Å²) in [6.45, 7) is 0.542. The van der Waals surface area contributed by atoms with Crippen LogP contribution in [-0.4, -0.2) is 4.57 Å². The summed E-state index contributed by atoms with van der Waals surface area (Å²) in [6.07, 6.45) is 0.794. The predicted molar refractivity (Wildman–Crippen MR) is 78.6 cm³/mol. The van der Waals surface area contributed by atoms with Gasteiger partial charge in [0.25, 0.3) is 0 Å². The van der Waals surface area contributed by atoms with Crippen molar-refractivity contribution in [1.29, 1.82) is 0 Å². The molecule has 20 heavy (non-hydrogen) atoms. The zero-order valence-corrected chi connectivity index (χ0v) is 11.3. The highest BCUT2D eigenvalue weighted by Crippen LogP contribution is 2.17. The monoisotopic (exact) mass is 268 g/mol. The van der Waals surface area contributed by atoms with Crippen molar-refractivity contribution in [3.8, 4) is 0 Å². The Morgan fingerprint density at radius 1 is 1.10 bits per heavy atom. The van der Waals surface area contributed by atoms with E-state index in [1.54, 1.807) is 7.05 Å². The van der Waals surface area contributed by atoms with Gasteiger partial charge in [-0.25, -0.2) is 4.79 Å². The van der Waals surface area contributed by atoms with E-state index < -0.39 is 0 Å². The second-order valence-electron chi connectivity index (χ2n) is 4.93. The molecule has 0 atom stereocenters. The average molecular weight is 268 g/mol. The van der Waals surface area contributed by atoms with Gasteiger partial charge in [0.2, 0.25) is 0 Å². The Labute approximate surface area is 116 Å². The Hall–Kier alpha value is -2.33. The summed E-state index contributed by atoms with van der Waals surface area (Å²) >= 11 is 0. The SMILES string of the molecule is Cn1c(=O)oc2cc(Cc3cccc(CN)c3)ccc21. The highest BCUT2D eigenvalue weighted by molar-refractivity contribution is 5.73. The van der Waals surface area contributed by atoms with Gasteiger partial charge in [0.15, 0.2) is 5.58 Å². The number of nitrogens with zero attached hydrogens (tertiary/aromatic N) is 1. The number of benzene rings is 2. The van der Waals surface area contributed by atoms with Crippen LogP contribution in [0.2, 0.25) is 0 Å². The van der Waals surface area contributed by atoms with E-state index in [1.807, 2.05) is 30.3 Å². The normalized spacial score (nSPS) is 11.1. The fraction of sp³-hybridized carbons (Fsp3) is 0.188. The van der Waals surface area contributed by atoms with E-state index in [1.165, 1.54) is 10.1 Å². The van der Waals surface area contributed by atoms with Crippen LogP contribution in [-0.2, 0) is 20.0 Å². The summed E-state index contributed by atoms with van der Waals surface area (Å²) in [7, 11) is 1.71. The zero-order valence-electron chi connectivity index (χ0n) is 11.3. The van der Waals surface area contributed by atoms with Crippen molar-refractivity contribution in [1.82, 2.24) is 4.57 Å². The first kappa shape index (κ1) is 12.7. The Morgan fingerprint density at radius 2 is 1.85 bits per heavy atom. The number of fused-ring (bicyclic) bond motifs is 1. The number of oxazole rings is 1. The van der Waals surface area contributed by atoms with Gasteiger partial charge in [0.1, 0.15) is 0 Å². The third-order valence-corrected chi connectivity index (χ3v) is 3.49. The lowest BCUT2D eigenvalue weighted by Gasteiger charge is -2.04. The van der Waals surface area contributed by atoms with Gasteiger partial charge in [-0.15, -0.1) is 0 Å². The van der Waals surface area contributed by atoms with Crippen molar-refractivity contribution in [2.75, 3.05) is 0 Å². The molecule has 0 amide bonds. The molecule has 0 aliphatic carbocycles. The van der Waals surface area contributed by atoms with Gasteiger partial charge in [-0.3, -0.25) is 4.57 Å². The highest BCUT2D eigenvalue weighted by Gasteiger charge is 2.06. The first-order chi connectivity index (χ1) is 9.67. The van der Waals surface area contributed by atoms with Crippen LogP contribution in [0.1, 0.15) is 16.7 Å². The maximum Gasteiger partial charge on any atom is 0.419 e. The topological polar surface area (TPSA) is 61.2 Å². The second-order valence-corrected chi connectivity index (χ2v) is 4.93. The Bertz CT molecular complexity index is 815. The number of hydrogen-bond donors (Lipinski definition) is 1. The van der Waals surface area contributed by atoms with Gasteiger partial charge in [-0.2, -0.15) is 0 Å². The van der Waals surface area contributed by atoms with Crippen molar-refractivity contribution in [2.24, 2.45) is 12.8 Å². The van der Waals surface area contributed by atoms with Crippen molar-refractivity contribution < 1.29 is 4.42 Å². The van der Waals surface area contributed by atoms with E-state index in [0.29, 0.717) is 12.1 Å². The van der Waals surface area contributed by atoms with Crippen LogP contribution < -0.4 is 11.5 Å². The number of aromatic nitrogens is 1. The summed E-state index contributed by atoms with van der Waals surface area (Å²) < 4.78 is 6.72. The van der Waals surface area contributed by atoms with Crippen LogP contribution in [0, 0.1) is 0 Å². The van der Waals surface area contributed by atoms with E-state index in [4.69, 9.17) is 10.2 Å². The number of nitrogens with two attached hydrogens (primary N) is 1. The zero-order chi connectivity index (χ0) is 14.1. The molecule has 3 rings (SSSR count). The molecule has 0 aliphatic heterocycles. The molecule has 0 fully saturated rings. The molecular formula is C16H16N2O2. The van der Waals surface area contributed by atoms with Crippen molar-refractivity contribution in [3.63, 3.8) is 0 Å². The predicted octanol–water partition coefficient (Wildman–Crippen LogP) is 2.18. The first-order valence-electron chi connectivity index (χ1n) is 6.54. The van der Waals surface area contributed by atoms with Crippen LogP contribution in [0.15, 0.2) is 51.7 Å². The lowest BCUT2D eigenvalue weighted by molar-refractivity contribution is 0.528. The van der Waals surface area contributed by atoms with E-state index in [2.05, 4.69) is 12.1 Å². The fourth-order valence-electron chi connectivity index (χ4n) is 2.39. The molecule has 4 heteroatoms. The lowest BCUT2D eigenvalue weighted by Crippen LogP contribution is -2.08. The molecule has 4 nitrogen and oxygen atoms in total. The Morgan fingerprint density at radius 3 is 2.65 bits per heavy atom. The van der Waals surface area contributed by atoms with Gasteiger partial charge < -0.3 is 10.2 Å². The van der Waals surface area contributed by atoms with E-state index >= 15 is 0 Å². The van der Waals surface area contributed by atoms with Crippen molar-refractivity contribution in [3.05, 3.63) is 69.7 Å². The molecular weight excluding hydrogens is 252 g/mol. The molecule has 3 aromatic rings. The standard InChI is InChI=1S/C16H16N2O2/c1-18-14-6-5-12(9-15(14)20-16(18)19)7-11-3-2-4-13(8-11)10-17/h2-6,8-9H,7,10,17H2,1H3. The number of hydrogen-bond acceptors (Lipinski definition) is 3. The van der Waals surface area contributed by atoms with Crippen LogP contribution >= 0.6 is 0 Å². The molecule has 0 radical (unpaired) electrons. The minimum Gasteiger partial charge on any atom is -0.408 e. The maximum atomic E-state index is 11.5. The van der Waals surface area contributed by atoms with Gasteiger partial charge >= 0.3 is 5.76 Å². The number of rotatable bonds is 3. The third kappa shape index (κ3) is 2.26. The molecule has 102 valence electrons.